The summed E-state index contributed by atoms with van der Waals surface area (Å²) in [6.07, 6.45) is 4.20. The molecule has 0 spiro atoms. The number of nitrogens with one attached hydrogen (secondary N) is 2. The Morgan fingerprint density at radius 3 is 2.75 bits per heavy atom. The second-order valence-electron chi connectivity index (χ2n) is 7.25. The van der Waals surface area contributed by atoms with Crippen LogP contribution >= 0.6 is 23.2 Å². The summed E-state index contributed by atoms with van der Waals surface area (Å²) in [4.78, 5) is 27.7. The van der Waals surface area contributed by atoms with E-state index in [2.05, 4.69) is 16.0 Å². The lowest BCUT2D eigenvalue weighted by Gasteiger charge is -2.24. The number of aryl methyl sites for hydroxylation is 1. The summed E-state index contributed by atoms with van der Waals surface area (Å²) in [7, 11) is 3.69. The van der Waals surface area contributed by atoms with E-state index in [0.29, 0.717) is 28.3 Å². The molecule has 1 fully saturated rings. The van der Waals surface area contributed by atoms with Crippen LogP contribution in [-0.4, -0.2) is 48.0 Å². The first-order valence-electron chi connectivity index (χ1n) is 9.30. The van der Waals surface area contributed by atoms with Crippen LogP contribution < -0.4 is 10.2 Å². The highest BCUT2D eigenvalue weighted by Crippen LogP contribution is 2.25. The number of likely N-dealkylation sites (N-methyl/N-ethyl adjacent to an activating group) is 1. The largest absolute Gasteiger partial charge is 0.350 e. The Kier molecular flexibility index (Phi) is 6.65. The van der Waals surface area contributed by atoms with Crippen LogP contribution in [0.3, 0.4) is 0 Å². The molecular formula is C20H25Cl2N4O2+. The van der Waals surface area contributed by atoms with Crippen LogP contribution in [0, 0.1) is 0 Å². The Morgan fingerprint density at radius 1 is 1.29 bits per heavy atom. The average Bonchev–Trinajstić information content (AvgIpc) is 3.26. The normalized spacial score (nSPS) is 18.9. The van der Waals surface area contributed by atoms with Crippen molar-refractivity contribution < 1.29 is 14.5 Å². The molecule has 0 radical (unpaired) electrons. The van der Waals surface area contributed by atoms with Crippen molar-refractivity contribution in [3.63, 3.8) is 0 Å². The van der Waals surface area contributed by atoms with Gasteiger partial charge < -0.3 is 19.7 Å². The van der Waals surface area contributed by atoms with Crippen LogP contribution in [0.25, 0.3) is 0 Å². The number of likely N-dealkylation sites (tertiary alicyclic amines) is 1. The Labute approximate surface area is 175 Å². The number of nitrogens with zero attached hydrogens (tertiary/aromatic N) is 2. The molecular weight excluding hydrogens is 399 g/mol. The number of amides is 2. The van der Waals surface area contributed by atoms with Crippen LogP contribution in [0.1, 0.15) is 24.6 Å². The van der Waals surface area contributed by atoms with Crippen molar-refractivity contribution in [3.8, 4) is 0 Å². The maximum atomic E-state index is 12.7. The number of aromatic nitrogens is 1. The molecule has 1 unspecified atom stereocenters. The van der Waals surface area contributed by atoms with Gasteiger partial charge in [-0.2, -0.15) is 0 Å². The molecule has 6 nitrogen and oxygen atoms in total. The van der Waals surface area contributed by atoms with Crippen LogP contribution in [0.2, 0.25) is 10.0 Å². The van der Waals surface area contributed by atoms with Gasteiger partial charge in [-0.05, 0) is 30.3 Å². The molecule has 1 aliphatic heterocycles. The van der Waals surface area contributed by atoms with Gasteiger partial charge in [-0.15, -0.1) is 0 Å². The van der Waals surface area contributed by atoms with Gasteiger partial charge in [-0.1, -0.05) is 23.2 Å². The fourth-order valence-electron chi connectivity index (χ4n) is 3.72. The second kappa shape index (κ2) is 8.99. The fraction of sp³-hybridized carbons (Fsp3) is 0.400. The van der Waals surface area contributed by atoms with E-state index in [0.717, 1.165) is 19.4 Å². The SMILES string of the molecule is CN(CC(=O)Nc1ccc(Cl)c(Cl)c1)C(=O)C[NH+]1CCC[C@H]1c1cccn1C. The van der Waals surface area contributed by atoms with Gasteiger partial charge in [0.25, 0.3) is 5.91 Å². The van der Waals surface area contributed by atoms with E-state index in [4.69, 9.17) is 23.2 Å². The highest BCUT2D eigenvalue weighted by Gasteiger charge is 2.33. The summed E-state index contributed by atoms with van der Waals surface area (Å²) < 4.78 is 2.12. The van der Waals surface area contributed by atoms with Crippen molar-refractivity contribution in [3.05, 3.63) is 52.3 Å². The lowest BCUT2D eigenvalue weighted by atomic mass is 10.1. The standard InChI is InChI=1S/C20H24Cl2N4O2/c1-24-9-3-5-17(24)18-6-4-10-26(18)13-20(28)25(2)12-19(27)23-14-7-8-15(21)16(22)11-14/h3,5,7-9,11,18H,4,6,10,12-13H2,1-2H3,(H,23,27)/p+1/t18-/m0/s1. The Bertz CT molecular complexity index is 868. The van der Waals surface area contributed by atoms with Gasteiger partial charge >= 0.3 is 0 Å². The number of hydrogen-bond acceptors (Lipinski definition) is 2. The topological polar surface area (TPSA) is 58.8 Å². The number of hydrogen-bond donors (Lipinski definition) is 2. The number of quaternary nitrogens is 1. The minimum Gasteiger partial charge on any atom is -0.350 e. The average molecular weight is 424 g/mol. The molecule has 2 amide bonds. The molecule has 1 saturated heterocycles. The fourth-order valence-corrected chi connectivity index (χ4v) is 4.02. The van der Waals surface area contributed by atoms with E-state index in [1.54, 1.807) is 25.2 Å². The summed E-state index contributed by atoms with van der Waals surface area (Å²) in [6.45, 7) is 1.33. The third kappa shape index (κ3) is 4.87. The third-order valence-electron chi connectivity index (χ3n) is 5.21. The molecule has 0 bridgehead atoms. The number of rotatable bonds is 6. The van der Waals surface area contributed by atoms with E-state index in [9.17, 15) is 9.59 Å². The molecule has 8 heteroatoms. The zero-order valence-corrected chi connectivity index (χ0v) is 17.6. The first-order chi connectivity index (χ1) is 13.3. The molecule has 0 aliphatic carbocycles. The number of carbonyl (C=O) groups excluding carboxylic acids is 2. The predicted molar refractivity (Wildman–Crippen MR) is 111 cm³/mol. The minimum absolute atomic E-state index is 0.0127. The molecule has 1 aromatic carbocycles. The van der Waals surface area contributed by atoms with Crippen molar-refractivity contribution in [2.75, 3.05) is 32.0 Å². The van der Waals surface area contributed by atoms with Crippen molar-refractivity contribution in [1.82, 2.24) is 9.47 Å². The summed E-state index contributed by atoms with van der Waals surface area (Å²) in [5.41, 5.74) is 1.80. The number of anilines is 1. The molecule has 150 valence electrons. The number of benzene rings is 1. The van der Waals surface area contributed by atoms with Gasteiger partial charge in [0.05, 0.1) is 28.8 Å². The van der Waals surface area contributed by atoms with Gasteiger partial charge in [-0.25, -0.2) is 0 Å². The van der Waals surface area contributed by atoms with Gasteiger partial charge in [-0.3, -0.25) is 9.59 Å². The summed E-state index contributed by atoms with van der Waals surface area (Å²) in [5.74, 6) is -0.315. The minimum atomic E-state index is -0.273. The first kappa shape index (κ1) is 20.7. The maximum Gasteiger partial charge on any atom is 0.277 e. The highest BCUT2D eigenvalue weighted by atomic mass is 35.5. The van der Waals surface area contributed by atoms with Gasteiger partial charge in [0.15, 0.2) is 6.54 Å². The zero-order chi connectivity index (χ0) is 20.3. The van der Waals surface area contributed by atoms with Crippen molar-refractivity contribution >= 4 is 40.7 Å². The predicted octanol–water partition coefficient (Wildman–Crippen LogP) is 2.15. The van der Waals surface area contributed by atoms with Crippen LogP contribution in [0.4, 0.5) is 5.69 Å². The smallest absolute Gasteiger partial charge is 0.277 e. The van der Waals surface area contributed by atoms with E-state index in [-0.39, 0.29) is 18.4 Å². The lowest BCUT2D eigenvalue weighted by molar-refractivity contribution is -0.911. The van der Waals surface area contributed by atoms with Crippen molar-refractivity contribution in [2.45, 2.75) is 18.9 Å². The zero-order valence-electron chi connectivity index (χ0n) is 16.0. The van der Waals surface area contributed by atoms with Crippen molar-refractivity contribution in [2.24, 2.45) is 7.05 Å². The summed E-state index contributed by atoms with van der Waals surface area (Å²) in [5, 5.41) is 3.54. The number of halogens is 2. The molecule has 2 heterocycles. The van der Waals surface area contributed by atoms with Crippen molar-refractivity contribution in [1.29, 1.82) is 0 Å². The molecule has 2 N–H and O–H groups in total. The van der Waals surface area contributed by atoms with Crippen LogP contribution in [0.5, 0.6) is 0 Å². The van der Waals surface area contributed by atoms with E-state index >= 15 is 0 Å². The Hall–Kier alpha value is -2.02. The second-order valence-corrected chi connectivity index (χ2v) is 8.07. The lowest BCUT2D eigenvalue weighted by Crippen LogP contribution is -3.11. The maximum absolute atomic E-state index is 12.7. The van der Waals surface area contributed by atoms with E-state index in [1.165, 1.54) is 15.5 Å². The third-order valence-corrected chi connectivity index (χ3v) is 5.95. The van der Waals surface area contributed by atoms with E-state index < -0.39 is 0 Å². The molecule has 2 atom stereocenters. The molecule has 2 aromatic rings. The highest BCUT2D eigenvalue weighted by molar-refractivity contribution is 6.42. The van der Waals surface area contributed by atoms with Gasteiger partial charge in [0, 0.05) is 38.8 Å². The van der Waals surface area contributed by atoms with Gasteiger partial charge in [0.2, 0.25) is 5.91 Å². The number of carbonyl (C=O) groups is 2. The Balaban J connectivity index is 1.54. The van der Waals surface area contributed by atoms with E-state index in [1.807, 2.05) is 19.3 Å². The molecule has 3 rings (SSSR count). The first-order valence-corrected chi connectivity index (χ1v) is 10.1. The Morgan fingerprint density at radius 2 is 2.07 bits per heavy atom. The quantitative estimate of drug-likeness (QED) is 0.747. The summed E-state index contributed by atoms with van der Waals surface area (Å²) in [6, 6.07) is 9.35. The molecule has 1 aliphatic rings. The molecule has 0 saturated carbocycles. The van der Waals surface area contributed by atoms with Gasteiger partial charge in [0.1, 0.15) is 6.04 Å². The monoisotopic (exact) mass is 423 g/mol. The molecule has 28 heavy (non-hydrogen) atoms. The van der Waals surface area contributed by atoms with Crippen LogP contribution in [0.15, 0.2) is 36.5 Å². The molecule has 1 aromatic heterocycles. The van der Waals surface area contributed by atoms with Crippen LogP contribution in [-0.2, 0) is 16.6 Å². The summed E-state index contributed by atoms with van der Waals surface area (Å²) >= 11 is 11.8.